The Balaban J connectivity index is 1.03. The Morgan fingerprint density at radius 2 is 1.27 bits per heavy atom. The number of aromatic nitrogens is 10. The van der Waals surface area contributed by atoms with Crippen LogP contribution in [0.3, 0.4) is 0 Å². The number of piperazine rings is 2. The van der Waals surface area contributed by atoms with Gasteiger partial charge in [-0.25, -0.2) is 9.36 Å². The summed E-state index contributed by atoms with van der Waals surface area (Å²) in [6.45, 7) is 15.5. The van der Waals surface area contributed by atoms with Crippen LogP contribution < -0.4 is 32.3 Å². The number of para-hydroxylation sites is 1. The highest BCUT2D eigenvalue weighted by molar-refractivity contribution is 5.83. The van der Waals surface area contributed by atoms with Gasteiger partial charge in [0.25, 0.3) is 0 Å². The predicted molar refractivity (Wildman–Crippen MR) is 283 cm³/mol. The quantitative estimate of drug-likeness (QED) is 0.0340. The van der Waals surface area contributed by atoms with Crippen molar-refractivity contribution in [2.75, 3.05) is 120 Å². The van der Waals surface area contributed by atoms with Crippen molar-refractivity contribution in [2.24, 2.45) is 29.0 Å². The largest absolute Gasteiger partial charge is 0.377 e. The summed E-state index contributed by atoms with van der Waals surface area (Å²) in [6, 6.07) is 8.41. The van der Waals surface area contributed by atoms with Gasteiger partial charge in [0.1, 0.15) is 18.7 Å². The third kappa shape index (κ3) is 15.6. The second-order valence-electron chi connectivity index (χ2n) is 19.9. The summed E-state index contributed by atoms with van der Waals surface area (Å²) in [6.07, 6.45) is 12.9. The maximum atomic E-state index is 14.7. The summed E-state index contributed by atoms with van der Waals surface area (Å²) in [4.78, 5) is 55.2. The first-order valence-corrected chi connectivity index (χ1v) is 26.3. The molecule has 2 aliphatic heterocycles. The molecule has 0 radical (unpaired) electrons. The summed E-state index contributed by atoms with van der Waals surface area (Å²) in [7, 11) is 0. The maximum Gasteiger partial charge on any atom is 0.248 e. The number of nitrogens with two attached hydrogens (primary N) is 3. The number of terminal acetylenes is 1. The highest BCUT2D eigenvalue weighted by atomic mass is 16.5. The molecule has 0 bridgehead atoms. The summed E-state index contributed by atoms with van der Waals surface area (Å²) >= 11 is 0. The lowest BCUT2D eigenvalue weighted by atomic mass is 10.0. The number of carbonyl (C=O) groups is 2. The molecule has 8 N–H and O–H groups in total. The van der Waals surface area contributed by atoms with Crippen LogP contribution in [-0.4, -0.2) is 177 Å². The van der Waals surface area contributed by atoms with Crippen LogP contribution in [0.1, 0.15) is 101 Å². The fourth-order valence-electron chi connectivity index (χ4n) is 9.28. The van der Waals surface area contributed by atoms with Crippen LogP contribution in [0, 0.1) is 24.2 Å². The van der Waals surface area contributed by atoms with E-state index in [1.165, 1.54) is 0 Å². The van der Waals surface area contributed by atoms with E-state index < -0.39 is 12.1 Å². The van der Waals surface area contributed by atoms with Crippen LogP contribution in [0.25, 0.3) is 10.9 Å². The van der Waals surface area contributed by atoms with E-state index in [0.29, 0.717) is 152 Å². The molecule has 0 aliphatic carbocycles. The Labute approximate surface area is 434 Å². The summed E-state index contributed by atoms with van der Waals surface area (Å²) in [5.41, 5.74) is 22.1. The van der Waals surface area contributed by atoms with Gasteiger partial charge < -0.3 is 61.3 Å². The van der Waals surface area contributed by atoms with E-state index in [1.807, 2.05) is 40.4 Å². The van der Waals surface area contributed by atoms with Crippen molar-refractivity contribution in [3.05, 3.63) is 59.8 Å². The molecule has 0 spiro atoms. The lowest BCUT2D eigenvalue weighted by Gasteiger charge is -2.38. The number of H-pyrrole nitrogens is 1. The molecular weight excluding hydrogens is 945 g/mol. The number of fused-ring (bicyclic) bond motifs is 1. The Bertz CT molecular complexity index is 2510. The van der Waals surface area contributed by atoms with E-state index in [2.05, 4.69) is 86.5 Å². The minimum absolute atomic E-state index is 0.0215. The SMILES string of the molecule is C#CCOCCOCCOCCNc1nc(N2CCN(C(=O)[C@H](CCCCN)n3cc([C@@H](N)CC(C)C)nn3)CC2)nc(N2CCN(C(=O)[C@H](Cc3cc4ccccc4[nH]3)n3cc([C@@H](N)CC(C)C)nn3)CC2)n1. The fourth-order valence-corrected chi connectivity index (χ4v) is 9.28. The van der Waals surface area contributed by atoms with Gasteiger partial charge in [0, 0.05) is 76.5 Å². The van der Waals surface area contributed by atoms with Crippen molar-refractivity contribution in [1.82, 2.24) is 59.7 Å². The Morgan fingerprint density at radius 3 is 1.82 bits per heavy atom. The average Bonchev–Trinajstić information content (AvgIpc) is 4.19. The molecule has 1 aromatic carbocycles. The number of hydrogen-bond acceptors (Lipinski definition) is 18. The van der Waals surface area contributed by atoms with E-state index in [-0.39, 0.29) is 30.5 Å². The third-order valence-corrected chi connectivity index (χ3v) is 13.2. The number of carbonyl (C=O) groups excluding carboxylic acids is 2. The smallest absolute Gasteiger partial charge is 0.248 e. The monoisotopic (exact) mass is 1020 g/mol. The van der Waals surface area contributed by atoms with Crippen LogP contribution in [0.5, 0.6) is 0 Å². The first-order chi connectivity index (χ1) is 35.9. The van der Waals surface area contributed by atoms with Crippen LogP contribution in [0.2, 0.25) is 0 Å². The number of rotatable bonds is 29. The zero-order chi connectivity index (χ0) is 52.4. The zero-order valence-corrected chi connectivity index (χ0v) is 43.7. The Hall–Kier alpha value is -6.29. The Morgan fingerprint density at radius 1 is 0.730 bits per heavy atom. The van der Waals surface area contributed by atoms with Crippen LogP contribution in [0.15, 0.2) is 42.7 Å². The maximum absolute atomic E-state index is 14.7. The van der Waals surface area contributed by atoms with Crippen molar-refractivity contribution in [1.29, 1.82) is 0 Å². The van der Waals surface area contributed by atoms with Gasteiger partial charge in [-0.3, -0.25) is 9.59 Å². The number of anilines is 3. The molecule has 23 nitrogen and oxygen atoms in total. The minimum atomic E-state index is -0.656. The predicted octanol–water partition coefficient (Wildman–Crippen LogP) is 2.87. The zero-order valence-electron chi connectivity index (χ0n) is 43.7. The summed E-state index contributed by atoms with van der Waals surface area (Å²) in [5, 5.41) is 22.1. The molecule has 402 valence electrons. The van der Waals surface area contributed by atoms with Gasteiger partial charge in [0.05, 0.1) is 68.9 Å². The van der Waals surface area contributed by atoms with Crippen molar-refractivity contribution in [3.8, 4) is 12.3 Å². The molecule has 5 aromatic rings. The molecule has 4 aromatic heterocycles. The van der Waals surface area contributed by atoms with Gasteiger partial charge in [-0.05, 0) is 68.0 Å². The lowest BCUT2D eigenvalue weighted by molar-refractivity contribution is -0.136. The number of nitrogens with one attached hydrogen (secondary N) is 2. The normalized spacial score (nSPS) is 16.0. The summed E-state index contributed by atoms with van der Waals surface area (Å²) in [5.74, 6) is 4.48. The van der Waals surface area contributed by atoms with Crippen LogP contribution >= 0.6 is 0 Å². The van der Waals surface area contributed by atoms with E-state index in [1.54, 1.807) is 9.36 Å². The molecular formula is C51H78N18O5. The molecule has 2 saturated heterocycles. The van der Waals surface area contributed by atoms with Gasteiger partial charge in [-0.2, -0.15) is 15.0 Å². The fraction of sp³-hybridized carbons (Fsp3) is 0.627. The Kier molecular flexibility index (Phi) is 20.9. The molecule has 74 heavy (non-hydrogen) atoms. The second kappa shape index (κ2) is 27.8. The van der Waals surface area contributed by atoms with Gasteiger partial charge in [-0.1, -0.05) is 62.2 Å². The van der Waals surface area contributed by atoms with E-state index >= 15 is 0 Å². The molecule has 2 amide bonds. The number of benzene rings is 1. The number of nitrogens with zero attached hydrogens (tertiary/aromatic N) is 13. The summed E-state index contributed by atoms with van der Waals surface area (Å²) < 4.78 is 20.0. The van der Waals surface area contributed by atoms with Crippen LogP contribution in [0.4, 0.5) is 17.8 Å². The topological polar surface area (TPSA) is 281 Å². The standard InChI is InChI=1S/C51H78N18O5/c1-6-24-72-26-28-74-29-27-73-25-15-55-49-57-50(66-20-16-64(17-21-66)47(70)45(13-9-10-14-52)68-34-43(60-62-68)40(53)30-36(2)3)59-51(58-49)67-22-18-65(19-23-67)48(71)46(33-39-32-38-11-7-8-12-42(38)56-39)69-35-44(61-63-69)41(54)31-37(4)5/h1,7-8,11-12,32,34-37,40-41,45-46,56H,9-10,13-31,33,52-54H2,2-5H3,(H,55,57,58,59)/t40-,41-,45-,46-/m0/s1. The van der Waals surface area contributed by atoms with Crippen LogP contribution in [-0.2, 0) is 30.2 Å². The molecule has 0 saturated carbocycles. The molecule has 6 heterocycles. The molecule has 23 heteroatoms. The molecule has 2 aliphatic rings. The first kappa shape index (κ1) is 55.5. The third-order valence-electron chi connectivity index (χ3n) is 13.2. The van der Waals surface area contributed by atoms with Gasteiger partial charge in [-0.15, -0.1) is 16.6 Å². The van der Waals surface area contributed by atoms with E-state index in [0.717, 1.165) is 42.3 Å². The molecule has 7 rings (SSSR count). The molecule has 2 fully saturated rings. The second-order valence-corrected chi connectivity index (χ2v) is 19.9. The lowest BCUT2D eigenvalue weighted by Crippen LogP contribution is -2.52. The molecule has 4 atom stereocenters. The van der Waals surface area contributed by atoms with Crippen molar-refractivity contribution >= 4 is 40.6 Å². The number of aromatic amines is 1. The number of unbranched alkanes of at least 4 members (excludes halogenated alkanes) is 1. The number of hydrogen-bond donors (Lipinski definition) is 5. The molecule has 0 unspecified atom stereocenters. The minimum Gasteiger partial charge on any atom is -0.377 e. The van der Waals surface area contributed by atoms with Gasteiger partial charge in [0.15, 0.2) is 0 Å². The highest BCUT2D eigenvalue weighted by Gasteiger charge is 2.34. The average molecular weight is 1020 g/mol. The number of ether oxygens (including phenoxy) is 3. The van der Waals surface area contributed by atoms with Crippen molar-refractivity contribution < 1.29 is 23.8 Å². The van der Waals surface area contributed by atoms with E-state index in [4.69, 9.17) is 52.8 Å². The van der Waals surface area contributed by atoms with Crippen molar-refractivity contribution in [2.45, 2.75) is 90.4 Å². The van der Waals surface area contributed by atoms with Gasteiger partial charge >= 0.3 is 0 Å². The first-order valence-electron chi connectivity index (χ1n) is 26.3. The van der Waals surface area contributed by atoms with Gasteiger partial charge in [0.2, 0.25) is 29.7 Å². The highest BCUT2D eigenvalue weighted by Crippen LogP contribution is 2.27. The van der Waals surface area contributed by atoms with Crippen molar-refractivity contribution in [3.63, 3.8) is 0 Å². The number of amides is 2. The van der Waals surface area contributed by atoms with E-state index in [9.17, 15) is 9.59 Å².